The van der Waals surface area contributed by atoms with E-state index in [0.29, 0.717) is 6.54 Å². The monoisotopic (exact) mass is 251 g/mol. The molecular formula is C14H18FNO2. The largest absolute Gasteiger partial charge is 0.481 e. The maximum absolute atomic E-state index is 13.1. The molecule has 4 heteroatoms. The summed E-state index contributed by atoms with van der Waals surface area (Å²) in [5.74, 6) is -1.29. The van der Waals surface area contributed by atoms with Crippen molar-refractivity contribution in [1.82, 2.24) is 4.90 Å². The van der Waals surface area contributed by atoms with E-state index in [1.54, 1.807) is 6.07 Å². The summed E-state index contributed by atoms with van der Waals surface area (Å²) in [6.07, 6.45) is 1.62. The maximum Gasteiger partial charge on any atom is 0.308 e. The molecule has 1 aliphatic rings. The first kappa shape index (κ1) is 13.0. The van der Waals surface area contributed by atoms with Gasteiger partial charge in [-0.3, -0.25) is 9.69 Å². The summed E-state index contributed by atoms with van der Waals surface area (Å²) >= 11 is 0. The molecule has 18 heavy (non-hydrogen) atoms. The van der Waals surface area contributed by atoms with Crippen LogP contribution >= 0.6 is 0 Å². The molecular weight excluding hydrogens is 233 g/mol. The summed E-state index contributed by atoms with van der Waals surface area (Å²) in [6.45, 7) is 3.43. The average Bonchev–Trinajstić information content (AvgIpc) is 2.31. The first-order chi connectivity index (χ1) is 8.58. The van der Waals surface area contributed by atoms with Gasteiger partial charge < -0.3 is 5.11 Å². The number of hydrogen-bond donors (Lipinski definition) is 1. The van der Waals surface area contributed by atoms with Crippen molar-refractivity contribution in [3.63, 3.8) is 0 Å². The average molecular weight is 251 g/mol. The second-order valence-electron chi connectivity index (χ2n) is 4.93. The van der Waals surface area contributed by atoms with E-state index >= 15 is 0 Å². The summed E-state index contributed by atoms with van der Waals surface area (Å²) in [7, 11) is 0. The standard InChI is InChI=1S/C14H18FNO2/c1-10-13(14(17)18)6-3-7-16(10)9-11-4-2-5-12(15)8-11/h2,4-5,8,10,13H,3,6-7,9H2,1H3,(H,17,18)/t10-,13-/m1/s1. The normalized spacial score (nSPS) is 25.0. The smallest absolute Gasteiger partial charge is 0.308 e. The topological polar surface area (TPSA) is 40.5 Å². The number of likely N-dealkylation sites (tertiary alicyclic amines) is 1. The van der Waals surface area contributed by atoms with Crippen molar-refractivity contribution in [2.24, 2.45) is 5.92 Å². The quantitative estimate of drug-likeness (QED) is 0.897. The zero-order chi connectivity index (χ0) is 13.1. The molecule has 1 N–H and O–H groups in total. The summed E-state index contributed by atoms with van der Waals surface area (Å²) in [6, 6.07) is 6.49. The molecule has 0 saturated carbocycles. The van der Waals surface area contributed by atoms with Crippen molar-refractivity contribution in [3.05, 3.63) is 35.6 Å². The Labute approximate surface area is 106 Å². The lowest BCUT2D eigenvalue weighted by Gasteiger charge is -2.37. The van der Waals surface area contributed by atoms with Gasteiger partial charge in [0, 0.05) is 12.6 Å². The second-order valence-corrected chi connectivity index (χ2v) is 4.93. The summed E-state index contributed by atoms with van der Waals surface area (Å²) in [4.78, 5) is 13.3. The number of hydrogen-bond acceptors (Lipinski definition) is 2. The molecule has 3 nitrogen and oxygen atoms in total. The number of benzene rings is 1. The highest BCUT2D eigenvalue weighted by atomic mass is 19.1. The Bertz CT molecular complexity index is 436. The van der Waals surface area contributed by atoms with Crippen LogP contribution in [0.15, 0.2) is 24.3 Å². The SMILES string of the molecule is C[C@@H]1[C@H](C(=O)O)CCCN1Cc1cccc(F)c1. The van der Waals surface area contributed by atoms with Gasteiger partial charge in [-0.2, -0.15) is 0 Å². The molecule has 1 aromatic rings. The second kappa shape index (κ2) is 5.48. The van der Waals surface area contributed by atoms with Crippen LogP contribution in [0.2, 0.25) is 0 Å². The third-order valence-corrected chi connectivity index (χ3v) is 3.71. The number of aliphatic carboxylic acids is 1. The highest BCUT2D eigenvalue weighted by molar-refractivity contribution is 5.70. The Morgan fingerprint density at radius 2 is 2.33 bits per heavy atom. The number of nitrogens with zero attached hydrogens (tertiary/aromatic N) is 1. The van der Waals surface area contributed by atoms with Crippen LogP contribution in [0.5, 0.6) is 0 Å². The Kier molecular flexibility index (Phi) is 3.97. The van der Waals surface area contributed by atoms with Gasteiger partial charge in [0.05, 0.1) is 5.92 Å². The molecule has 0 unspecified atom stereocenters. The third-order valence-electron chi connectivity index (χ3n) is 3.71. The lowest BCUT2D eigenvalue weighted by molar-refractivity contribution is -0.145. The Morgan fingerprint density at radius 3 is 3.00 bits per heavy atom. The number of piperidine rings is 1. The van der Waals surface area contributed by atoms with Gasteiger partial charge in [-0.05, 0) is 44.0 Å². The molecule has 1 aliphatic heterocycles. The molecule has 2 atom stereocenters. The zero-order valence-corrected chi connectivity index (χ0v) is 10.5. The molecule has 2 rings (SSSR count). The van der Waals surface area contributed by atoms with Crippen molar-refractivity contribution in [2.75, 3.05) is 6.54 Å². The van der Waals surface area contributed by atoms with Gasteiger partial charge in [-0.15, -0.1) is 0 Å². The molecule has 0 bridgehead atoms. The number of halogens is 1. The highest BCUT2D eigenvalue weighted by Crippen LogP contribution is 2.25. The molecule has 1 saturated heterocycles. The minimum absolute atomic E-state index is 0.000447. The van der Waals surface area contributed by atoms with Crippen molar-refractivity contribution in [2.45, 2.75) is 32.4 Å². The lowest BCUT2D eigenvalue weighted by Crippen LogP contribution is -2.45. The number of carbonyl (C=O) groups is 1. The van der Waals surface area contributed by atoms with E-state index in [2.05, 4.69) is 4.90 Å². The Balaban J connectivity index is 2.06. The van der Waals surface area contributed by atoms with Crippen LogP contribution in [0, 0.1) is 11.7 Å². The lowest BCUT2D eigenvalue weighted by atomic mass is 9.90. The fourth-order valence-corrected chi connectivity index (χ4v) is 2.64. The van der Waals surface area contributed by atoms with Gasteiger partial charge in [0.2, 0.25) is 0 Å². The van der Waals surface area contributed by atoms with Crippen LogP contribution in [0.4, 0.5) is 4.39 Å². The van der Waals surface area contributed by atoms with Crippen molar-refractivity contribution in [3.8, 4) is 0 Å². The third kappa shape index (κ3) is 2.88. The number of rotatable bonds is 3. The molecule has 1 heterocycles. The van der Waals surface area contributed by atoms with Crippen molar-refractivity contribution >= 4 is 5.97 Å². The summed E-state index contributed by atoms with van der Waals surface area (Å²) in [5.41, 5.74) is 0.896. The van der Waals surface area contributed by atoms with Crippen LogP contribution in [0.25, 0.3) is 0 Å². The highest BCUT2D eigenvalue weighted by Gasteiger charge is 2.32. The van der Waals surface area contributed by atoms with Crippen LogP contribution in [-0.4, -0.2) is 28.6 Å². The van der Waals surface area contributed by atoms with Gasteiger partial charge in [-0.25, -0.2) is 4.39 Å². The van der Waals surface area contributed by atoms with E-state index in [0.717, 1.165) is 24.9 Å². The molecule has 0 radical (unpaired) electrons. The van der Waals surface area contributed by atoms with E-state index in [1.807, 2.05) is 13.0 Å². The van der Waals surface area contributed by atoms with Gasteiger partial charge in [-0.1, -0.05) is 12.1 Å². The van der Waals surface area contributed by atoms with Gasteiger partial charge in [0.25, 0.3) is 0 Å². The Hall–Kier alpha value is -1.42. The zero-order valence-electron chi connectivity index (χ0n) is 10.5. The van der Waals surface area contributed by atoms with E-state index in [1.165, 1.54) is 12.1 Å². The van der Waals surface area contributed by atoms with Gasteiger partial charge in [0.15, 0.2) is 0 Å². The molecule has 98 valence electrons. The van der Waals surface area contributed by atoms with Crippen molar-refractivity contribution < 1.29 is 14.3 Å². The van der Waals surface area contributed by atoms with Crippen LogP contribution < -0.4 is 0 Å². The maximum atomic E-state index is 13.1. The number of carboxylic acids is 1. The predicted octanol–water partition coefficient (Wildman–Crippen LogP) is 2.51. The van der Waals surface area contributed by atoms with E-state index < -0.39 is 5.97 Å². The fraction of sp³-hybridized carbons (Fsp3) is 0.500. The first-order valence-corrected chi connectivity index (χ1v) is 6.29. The number of carboxylic acid groups (broad SMARTS) is 1. The minimum atomic E-state index is -0.730. The van der Waals surface area contributed by atoms with Crippen LogP contribution in [0.3, 0.4) is 0 Å². The molecule has 1 fully saturated rings. The fourth-order valence-electron chi connectivity index (χ4n) is 2.64. The van der Waals surface area contributed by atoms with E-state index in [4.69, 9.17) is 5.11 Å². The summed E-state index contributed by atoms with van der Waals surface area (Å²) < 4.78 is 13.1. The minimum Gasteiger partial charge on any atom is -0.481 e. The van der Waals surface area contributed by atoms with Gasteiger partial charge in [0.1, 0.15) is 5.82 Å². The predicted molar refractivity (Wildman–Crippen MR) is 66.6 cm³/mol. The molecule has 0 aliphatic carbocycles. The van der Waals surface area contributed by atoms with Crippen LogP contribution in [0.1, 0.15) is 25.3 Å². The molecule has 0 amide bonds. The Morgan fingerprint density at radius 1 is 1.56 bits per heavy atom. The molecule has 1 aromatic carbocycles. The summed E-state index contributed by atoms with van der Waals surface area (Å²) in [5, 5.41) is 9.15. The van der Waals surface area contributed by atoms with Crippen molar-refractivity contribution in [1.29, 1.82) is 0 Å². The van der Waals surface area contributed by atoms with E-state index in [-0.39, 0.29) is 17.8 Å². The van der Waals surface area contributed by atoms with Crippen LogP contribution in [-0.2, 0) is 11.3 Å². The molecule has 0 spiro atoms. The van der Waals surface area contributed by atoms with Gasteiger partial charge >= 0.3 is 5.97 Å². The molecule has 0 aromatic heterocycles. The van der Waals surface area contributed by atoms with E-state index in [9.17, 15) is 9.18 Å². The first-order valence-electron chi connectivity index (χ1n) is 6.29.